The van der Waals surface area contributed by atoms with Crippen LogP contribution < -0.4 is 4.72 Å². The van der Waals surface area contributed by atoms with E-state index in [1.54, 1.807) is 42.5 Å². The standard InChI is InChI=1S/C19H16ClNO6S/c1-12(22)26-16-17(23)19(2,13-8-10-14(20)11-9-13)27-18(16)21-28(24,25)15-6-4-3-5-7-15/h3-11,21H,1-2H3. The average molecular weight is 422 g/mol. The summed E-state index contributed by atoms with van der Waals surface area (Å²) >= 11 is 5.88. The molecular weight excluding hydrogens is 406 g/mol. The molecule has 2 aromatic rings. The lowest BCUT2D eigenvalue weighted by Crippen LogP contribution is -2.32. The highest BCUT2D eigenvalue weighted by atomic mass is 35.5. The first-order chi connectivity index (χ1) is 13.1. The number of esters is 1. The van der Waals surface area contributed by atoms with Crippen molar-refractivity contribution >= 4 is 33.4 Å². The molecular formula is C19H16ClNO6S. The van der Waals surface area contributed by atoms with Crippen LogP contribution in [-0.4, -0.2) is 20.2 Å². The Labute approximate surface area is 167 Å². The van der Waals surface area contributed by atoms with Gasteiger partial charge in [0.05, 0.1) is 4.90 Å². The molecule has 7 nitrogen and oxygen atoms in total. The number of Topliss-reactive ketones (excluding diaryl/α,β-unsaturated/α-hetero) is 1. The van der Waals surface area contributed by atoms with Gasteiger partial charge in [-0.1, -0.05) is 41.9 Å². The van der Waals surface area contributed by atoms with E-state index in [1.165, 1.54) is 19.1 Å². The van der Waals surface area contributed by atoms with Crippen molar-refractivity contribution in [2.24, 2.45) is 0 Å². The van der Waals surface area contributed by atoms with Crippen LogP contribution in [-0.2, 0) is 34.7 Å². The number of carbonyl (C=O) groups excluding carboxylic acids is 2. The summed E-state index contributed by atoms with van der Waals surface area (Å²) in [5.41, 5.74) is -1.18. The second-order valence-electron chi connectivity index (χ2n) is 6.14. The Morgan fingerprint density at radius 3 is 2.29 bits per heavy atom. The average Bonchev–Trinajstić information content (AvgIpc) is 2.87. The monoisotopic (exact) mass is 421 g/mol. The van der Waals surface area contributed by atoms with Crippen molar-refractivity contribution in [3.63, 3.8) is 0 Å². The van der Waals surface area contributed by atoms with Gasteiger partial charge < -0.3 is 9.47 Å². The highest BCUT2D eigenvalue weighted by Gasteiger charge is 2.50. The first kappa shape index (κ1) is 19.9. The highest BCUT2D eigenvalue weighted by Crippen LogP contribution is 2.39. The van der Waals surface area contributed by atoms with Crippen LogP contribution in [0.5, 0.6) is 0 Å². The maximum absolute atomic E-state index is 13.0. The van der Waals surface area contributed by atoms with Gasteiger partial charge in [-0.2, -0.15) is 0 Å². The van der Waals surface area contributed by atoms with Gasteiger partial charge in [-0.05, 0) is 31.2 Å². The zero-order chi connectivity index (χ0) is 20.5. The van der Waals surface area contributed by atoms with Crippen molar-refractivity contribution in [3.05, 3.63) is 76.8 Å². The fourth-order valence-corrected chi connectivity index (χ4v) is 3.80. The van der Waals surface area contributed by atoms with Crippen LogP contribution >= 0.6 is 11.6 Å². The van der Waals surface area contributed by atoms with Gasteiger partial charge in [0.25, 0.3) is 21.7 Å². The van der Waals surface area contributed by atoms with Crippen LogP contribution in [0.15, 0.2) is 71.1 Å². The third kappa shape index (κ3) is 3.74. The number of hydrogen-bond acceptors (Lipinski definition) is 6. The largest absolute Gasteiger partial charge is 0.456 e. The van der Waals surface area contributed by atoms with Crippen molar-refractivity contribution in [1.82, 2.24) is 4.72 Å². The van der Waals surface area contributed by atoms with Gasteiger partial charge in [-0.15, -0.1) is 0 Å². The number of sulfonamides is 1. The van der Waals surface area contributed by atoms with Crippen LogP contribution in [0.3, 0.4) is 0 Å². The number of benzene rings is 2. The molecule has 2 aromatic carbocycles. The molecule has 9 heteroatoms. The molecule has 1 aliphatic rings. The molecule has 0 spiro atoms. The highest BCUT2D eigenvalue weighted by molar-refractivity contribution is 7.89. The molecule has 0 aliphatic carbocycles. The fourth-order valence-electron chi connectivity index (χ4n) is 2.66. The molecule has 0 radical (unpaired) electrons. The molecule has 1 aliphatic heterocycles. The molecule has 146 valence electrons. The normalized spacial score (nSPS) is 19.3. The molecule has 28 heavy (non-hydrogen) atoms. The van der Waals surface area contributed by atoms with Crippen molar-refractivity contribution in [1.29, 1.82) is 0 Å². The smallest absolute Gasteiger partial charge is 0.308 e. The van der Waals surface area contributed by atoms with Gasteiger partial charge in [-0.3, -0.25) is 9.59 Å². The number of hydrogen-bond donors (Lipinski definition) is 1. The van der Waals surface area contributed by atoms with Crippen molar-refractivity contribution in [2.75, 3.05) is 0 Å². The summed E-state index contributed by atoms with van der Waals surface area (Å²) in [6, 6.07) is 13.8. The minimum absolute atomic E-state index is 0.0409. The lowest BCUT2D eigenvalue weighted by molar-refractivity contribution is -0.142. The van der Waals surface area contributed by atoms with Crippen molar-refractivity contribution < 1.29 is 27.5 Å². The third-order valence-electron chi connectivity index (χ3n) is 4.07. The molecule has 0 saturated heterocycles. The summed E-state index contributed by atoms with van der Waals surface area (Å²) in [6.45, 7) is 2.55. The van der Waals surface area contributed by atoms with Gasteiger partial charge in [0.1, 0.15) is 0 Å². The summed E-state index contributed by atoms with van der Waals surface area (Å²) in [6.07, 6.45) is 0. The summed E-state index contributed by atoms with van der Waals surface area (Å²) in [7, 11) is -4.07. The second-order valence-corrected chi connectivity index (χ2v) is 8.26. The van der Waals surface area contributed by atoms with Crippen molar-refractivity contribution in [2.45, 2.75) is 24.3 Å². The van der Waals surface area contributed by atoms with Crippen LogP contribution in [0.25, 0.3) is 0 Å². The SMILES string of the molecule is CC(=O)OC1=C(NS(=O)(=O)c2ccccc2)OC(C)(c2ccc(Cl)cc2)C1=O. The van der Waals surface area contributed by atoms with E-state index < -0.39 is 39.0 Å². The van der Waals surface area contributed by atoms with Gasteiger partial charge >= 0.3 is 5.97 Å². The number of halogens is 1. The van der Waals surface area contributed by atoms with E-state index in [0.29, 0.717) is 10.6 Å². The van der Waals surface area contributed by atoms with Crippen LogP contribution in [0.2, 0.25) is 5.02 Å². The van der Waals surface area contributed by atoms with E-state index >= 15 is 0 Å². The quantitative estimate of drug-likeness (QED) is 0.745. The topological polar surface area (TPSA) is 98.8 Å². The van der Waals surface area contributed by atoms with Gasteiger partial charge in [0.2, 0.25) is 5.76 Å². The zero-order valence-corrected chi connectivity index (χ0v) is 16.5. The Morgan fingerprint density at radius 1 is 1.11 bits per heavy atom. The number of ether oxygens (including phenoxy) is 2. The molecule has 3 rings (SSSR count). The van der Waals surface area contributed by atoms with Crippen LogP contribution in [0, 0.1) is 0 Å². The minimum Gasteiger partial charge on any atom is -0.456 e. The molecule has 0 fully saturated rings. The fraction of sp³-hybridized carbons (Fsp3) is 0.158. The second kappa shape index (κ2) is 7.29. The lowest BCUT2D eigenvalue weighted by Gasteiger charge is -2.23. The molecule has 0 saturated carbocycles. The number of ketones is 1. The minimum atomic E-state index is -4.07. The Bertz CT molecular complexity index is 1060. The predicted molar refractivity (Wildman–Crippen MR) is 100 cm³/mol. The molecule has 0 aromatic heterocycles. The van der Waals surface area contributed by atoms with Gasteiger partial charge in [-0.25, -0.2) is 13.1 Å². The van der Waals surface area contributed by atoms with Crippen LogP contribution in [0.1, 0.15) is 19.4 Å². The summed E-state index contributed by atoms with van der Waals surface area (Å²) < 4.78 is 38.1. The summed E-state index contributed by atoms with van der Waals surface area (Å²) in [5.74, 6) is -2.45. The molecule has 1 heterocycles. The van der Waals surface area contributed by atoms with Crippen LogP contribution in [0.4, 0.5) is 0 Å². The Balaban J connectivity index is 2.01. The van der Waals surface area contributed by atoms with E-state index in [0.717, 1.165) is 6.92 Å². The van der Waals surface area contributed by atoms with E-state index in [1.807, 2.05) is 0 Å². The number of carbonyl (C=O) groups is 2. The number of rotatable bonds is 5. The predicted octanol–water partition coefficient (Wildman–Crippen LogP) is 2.87. The Kier molecular flexibility index (Phi) is 5.18. The maximum atomic E-state index is 13.0. The van der Waals surface area contributed by atoms with E-state index in [2.05, 4.69) is 4.72 Å². The first-order valence-electron chi connectivity index (χ1n) is 8.14. The van der Waals surface area contributed by atoms with E-state index in [9.17, 15) is 18.0 Å². The number of nitrogens with one attached hydrogen (secondary N) is 1. The zero-order valence-electron chi connectivity index (χ0n) is 14.9. The molecule has 1 N–H and O–H groups in total. The summed E-state index contributed by atoms with van der Waals surface area (Å²) in [5, 5.41) is 0.455. The van der Waals surface area contributed by atoms with E-state index in [-0.39, 0.29) is 4.90 Å². The lowest BCUT2D eigenvalue weighted by atomic mass is 9.92. The van der Waals surface area contributed by atoms with Gasteiger partial charge in [0.15, 0.2) is 5.60 Å². The molecule has 0 bridgehead atoms. The molecule has 1 unspecified atom stereocenters. The molecule has 1 atom stereocenters. The third-order valence-corrected chi connectivity index (χ3v) is 5.67. The van der Waals surface area contributed by atoms with Gasteiger partial charge in [0, 0.05) is 17.5 Å². The molecule has 0 amide bonds. The Hall–Kier alpha value is -2.84. The summed E-state index contributed by atoms with van der Waals surface area (Å²) in [4.78, 5) is 24.4. The first-order valence-corrected chi connectivity index (χ1v) is 10.00. The van der Waals surface area contributed by atoms with Crippen molar-refractivity contribution in [3.8, 4) is 0 Å². The maximum Gasteiger partial charge on any atom is 0.308 e. The van der Waals surface area contributed by atoms with E-state index in [4.69, 9.17) is 21.1 Å². The Morgan fingerprint density at radius 2 is 1.71 bits per heavy atom.